The molecule has 2 aliphatic rings. The Balaban J connectivity index is 1.28. The maximum atomic E-state index is 12.4. The highest BCUT2D eigenvalue weighted by Gasteiger charge is 2.35. The number of hydrogen-bond donors (Lipinski definition) is 1. The van der Waals surface area contributed by atoms with Gasteiger partial charge < -0.3 is 14.6 Å². The Bertz CT molecular complexity index is 724. The highest BCUT2D eigenvalue weighted by molar-refractivity contribution is 5.82. The monoisotopic (exact) mass is 326 g/mol. The molecule has 1 saturated heterocycles. The molecule has 1 saturated carbocycles. The summed E-state index contributed by atoms with van der Waals surface area (Å²) in [5, 5.41) is 2.99. The molecule has 0 spiro atoms. The summed E-state index contributed by atoms with van der Waals surface area (Å²) in [7, 11) is 0. The van der Waals surface area contributed by atoms with Crippen LogP contribution in [-0.4, -0.2) is 39.2 Å². The molecular formula is C18H22N4O2. The van der Waals surface area contributed by atoms with Crippen LogP contribution < -0.4 is 5.32 Å². The van der Waals surface area contributed by atoms with E-state index >= 15 is 0 Å². The molecule has 0 atom stereocenters. The fourth-order valence-electron chi connectivity index (χ4n) is 3.34. The average molecular weight is 326 g/mol. The minimum atomic E-state index is 0.00489. The molecule has 1 aliphatic carbocycles. The molecule has 126 valence electrons. The van der Waals surface area contributed by atoms with E-state index in [0.29, 0.717) is 25.5 Å². The van der Waals surface area contributed by atoms with Gasteiger partial charge in [-0.2, -0.15) is 0 Å². The highest BCUT2D eigenvalue weighted by atomic mass is 16.2. The largest absolute Gasteiger partial charge is 0.350 e. The van der Waals surface area contributed by atoms with Crippen molar-refractivity contribution in [3.05, 3.63) is 36.3 Å². The van der Waals surface area contributed by atoms with Crippen molar-refractivity contribution >= 4 is 17.5 Å². The molecule has 0 unspecified atom stereocenters. The van der Waals surface area contributed by atoms with E-state index < -0.39 is 0 Å². The number of hydrogen-bond acceptors (Lipinski definition) is 3. The lowest BCUT2D eigenvalue weighted by Gasteiger charge is -2.31. The normalized spacial score (nSPS) is 18.8. The Labute approximate surface area is 140 Å². The quantitative estimate of drug-likeness (QED) is 0.928. The third-order valence-electron chi connectivity index (χ3n) is 4.96. The first-order valence-electron chi connectivity index (χ1n) is 8.70. The number of likely N-dealkylation sites (tertiary alicyclic amines) is 1. The van der Waals surface area contributed by atoms with Crippen LogP contribution in [-0.2, 0) is 16.1 Å². The summed E-state index contributed by atoms with van der Waals surface area (Å²) in [6.45, 7) is 1.87. The number of nitrogens with one attached hydrogen (secondary N) is 1. The van der Waals surface area contributed by atoms with E-state index in [1.165, 1.54) is 0 Å². The predicted molar refractivity (Wildman–Crippen MR) is 89.1 cm³/mol. The third-order valence-corrected chi connectivity index (χ3v) is 4.96. The van der Waals surface area contributed by atoms with Gasteiger partial charge >= 0.3 is 0 Å². The fourth-order valence-corrected chi connectivity index (χ4v) is 3.34. The van der Waals surface area contributed by atoms with E-state index in [0.717, 1.165) is 37.0 Å². The van der Waals surface area contributed by atoms with Crippen LogP contribution in [0, 0.1) is 11.8 Å². The number of amides is 2. The lowest BCUT2D eigenvalue weighted by atomic mass is 9.95. The SMILES string of the molecule is O=C(NCc1cn2ccccc2n1)C1CCN(C(=O)C2CC2)CC1. The molecular weight excluding hydrogens is 304 g/mol. The van der Waals surface area contributed by atoms with Crippen LogP contribution in [0.5, 0.6) is 0 Å². The topological polar surface area (TPSA) is 66.7 Å². The number of pyridine rings is 1. The number of carbonyl (C=O) groups is 2. The predicted octanol–water partition coefficient (Wildman–Crippen LogP) is 1.60. The Kier molecular flexibility index (Phi) is 3.96. The van der Waals surface area contributed by atoms with Crippen molar-refractivity contribution < 1.29 is 9.59 Å². The van der Waals surface area contributed by atoms with Gasteiger partial charge in [-0.15, -0.1) is 0 Å². The van der Waals surface area contributed by atoms with Crippen LogP contribution in [0.15, 0.2) is 30.6 Å². The molecule has 3 heterocycles. The number of fused-ring (bicyclic) bond motifs is 1. The number of carbonyl (C=O) groups excluding carboxylic acids is 2. The van der Waals surface area contributed by atoms with Crippen LogP contribution in [0.2, 0.25) is 0 Å². The van der Waals surface area contributed by atoms with E-state index in [4.69, 9.17) is 0 Å². The van der Waals surface area contributed by atoms with Gasteiger partial charge in [0.2, 0.25) is 11.8 Å². The van der Waals surface area contributed by atoms with E-state index in [2.05, 4.69) is 10.3 Å². The minimum Gasteiger partial charge on any atom is -0.350 e. The van der Waals surface area contributed by atoms with E-state index in [-0.39, 0.29) is 17.7 Å². The molecule has 2 aromatic rings. The van der Waals surface area contributed by atoms with E-state index in [1.54, 1.807) is 0 Å². The van der Waals surface area contributed by atoms with Crippen LogP contribution in [0.25, 0.3) is 5.65 Å². The first-order chi connectivity index (χ1) is 11.7. The first-order valence-corrected chi connectivity index (χ1v) is 8.70. The summed E-state index contributed by atoms with van der Waals surface area (Å²) in [4.78, 5) is 30.8. The lowest BCUT2D eigenvalue weighted by Crippen LogP contribution is -2.43. The second-order valence-electron chi connectivity index (χ2n) is 6.79. The maximum absolute atomic E-state index is 12.4. The van der Waals surface area contributed by atoms with Crippen molar-refractivity contribution in [2.45, 2.75) is 32.2 Å². The molecule has 0 radical (unpaired) electrons. The third kappa shape index (κ3) is 3.13. The molecule has 24 heavy (non-hydrogen) atoms. The zero-order valence-electron chi connectivity index (χ0n) is 13.6. The van der Waals surface area contributed by atoms with Crippen LogP contribution in [0.3, 0.4) is 0 Å². The second kappa shape index (κ2) is 6.26. The van der Waals surface area contributed by atoms with Gasteiger partial charge in [-0.1, -0.05) is 6.07 Å². The van der Waals surface area contributed by atoms with E-state index in [1.807, 2.05) is 39.9 Å². The molecule has 1 N–H and O–H groups in total. The van der Waals surface area contributed by atoms with Gasteiger partial charge in [0, 0.05) is 37.3 Å². The van der Waals surface area contributed by atoms with Crippen LogP contribution in [0.4, 0.5) is 0 Å². The molecule has 6 nitrogen and oxygen atoms in total. The van der Waals surface area contributed by atoms with Gasteiger partial charge in [0.05, 0.1) is 12.2 Å². The summed E-state index contributed by atoms with van der Waals surface area (Å²) < 4.78 is 1.95. The Hall–Kier alpha value is -2.37. The Morgan fingerprint density at radius 3 is 2.62 bits per heavy atom. The van der Waals surface area contributed by atoms with Gasteiger partial charge in [-0.25, -0.2) is 4.98 Å². The number of nitrogens with zero attached hydrogens (tertiary/aromatic N) is 3. The zero-order chi connectivity index (χ0) is 16.5. The summed E-state index contributed by atoms with van der Waals surface area (Å²) in [5.74, 6) is 0.639. The van der Waals surface area contributed by atoms with Gasteiger partial charge in [0.15, 0.2) is 0 Å². The zero-order valence-corrected chi connectivity index (χ0v) is 13.6. The maximum Gasteiger partial charge on any atom is 0.225 e. The molecule has 0 bridgehead atoms. The number of aromatic nitrogens is 2. The van der Waals surface area contributed by atoms with Crippen molar-refractivity contribution in [2.24, 2.45) is 11.8 Å². The Morgan fingerprint density at radius 1 is 1.12 bits per heavy atom. The van der Waals surface area contributed by atoms with Crippen molar-refractivity contribution in [1.29, 1.82) is 0 Å². The Morgan fingerprint density at radius 2 is 1.92 bits per heavy atom. The van der Waals surface area contributed by atoms with Crippen molar-refractivity contribution in [3.63, 3.8) is 0 Å². The number of rotatable bonds is 4. The van der Waals surface area contributed by atoms with Crippen molar-refractivity contribution in [2.75, 3.05) is 13.1 Å². The number of imidazole rings is 1. The van der Waals surface area contributed by atoms with Gasteiger partial charge in [-0.05, 0) is 37.8 Å². The average Bonchev–Trinajstić information content (AvgIpc) is 3.38. The number of piperidine rings is 1. The molecule has 1 aliphatic heterocycles. The smallest absolute Gasteiger partial charge is 0.225 e. The van der Waals surface area contributed by atoms with Crippen molar-refractivity contribution in [3.8, 4) is 0 Å². The summed E-state index contributed by atoms with van der Waals surface area (Å²) in [5.41, 5.74) is 1.74. The van der Waals surface area contributed by atoms with Gasteiger partial charge in [-0.3, -0.25) is 9.59 Å². The molecule has 2 amide bonds. The molecule has 2 fully saturated rings. The molecule has 2 aromatic heterocycles. The van der Waals surface area contributed by atoms with Gasteiger partial charge in [0.25, 0.3) is 0 Å². The molecule has 6 heteroatoms. The lowest BCUT2D eigenvalue weighted by molar-refractivity contribution is -0.136. The fraction of sp³-hybridized carbons (Fsp3) is 0.500. The van der Waals surface area contributed by atoms with Crippen molar-refractivity contribution in [1.82, 2.24) is 19.6 Å². The molecule has 0 aromatic carbocycles. The van der Waals surface area contributed by atoms with Crippen LogP contribution in [0.1, 0.15) is 31.4 Å². The second-order valence-corrected chi connectivity index (χ2v) is 6.79. The molecule has 4 rings (SSSR count). The summed E-state index contributed by atoms with van der Waals surface area (Å²) >= 11 is 0. The van der Waals surface area contributed by atoms with Gasteiger partial charge in [0.1, 0.15) is 5.65 Å². The highest BCUT2D eigenvalue weighted by Crippen LogP contribution is 2.32. The van der Waals surface area contributed by atoms with Crippen LogP contribution >= 0.6 is 0 Å². The standard InChI is InChI=1S/C18H22N4O2/c23-17(13-6-9-21(10-7-13)18(24)14-4-5-14)19-11-15-12-22-8-2-1-3-16(22)20-15/h1-3,8,12-14H,4-7,9-11H2,(H,19,23). The summed E-state index contributed by atoms with van der Waals surface area (Å²) in [6.07, 6.45) is 7.48. The first kappa shape index (κ1) is 15.2. The minimum absolute atomic E-state index is 0.00489. The summed E-state index contributed by atoms with van der Waals surface area (Å²) in [6, 6.07) is 5.84. The van der Waals surface area contributed by atoms with E-state index in [9.17, 15) is 9.59 Å².